The van der Waals surface area contributed by atoms with Gasteiger partial charge in [0, 0.05) is 12.0 Å². The van der Waals surface area contributed by atoms with Gasteiger partial charge in [0.25, 0.3) is 0 Å². The molecule has 3 rings (SSSR count). The van der Waals surface area contributed by atoms with Crippen molar-refractivity contribution in [3.63, 3.8) is 0 Å². The summed E-state index contributed by atoms with van der Waals surface area (Å²) in [7, 11) is 0. The van der Waals surface area contributed by atoms with E-state index in [1.807, 2.05) is 6.92 Å². The van der Waals surface area contributed by atoms with Gasteiger partial charge < -0.3 is 10.3 Å². The molecule has 0 aliphatic heterocycles. The molecule has 0 spiro atoms. The third-order valence-electron chi connectivity index (χ3n) is 4.33. The monoisotopic (exact) mass is 286 g/mol. The molecule has 1 aliphatic carbocycles. The fraction of sp³-hybridized carbons (Fsp3) is 0.500. The molecule has 4 nitrogen and oxygen atoms in total. The Morgan fingerprint density at radius 2 is 2.10 bits per heavy atom. The van der Waals surface area contributed by atoms with Crippen LogP contribution in [0.3, 0.4) is 0 Å². The Balaban J connectivity index is 2.05. The first-order valence-corrected chi connectivity index (χ1v) is 7.42. The molecule has 2 aromatic rings. The molecule has 21 heavy (non-hydrogen) atoms. The Kier molecular flexibility index (Phi) is 3.64. The van der Waals surface area contributed by atoms with Gasteiger partial charge in [-0.25, -0.2) is 9.37 Å². The van der Waals surface area contributed by atoms with Crippen molar-refractivity contribution in [3.8, 4) is 6.07 Å². The maximum atomic E-state index is 13.6. The van der Waals surface area contributed by atoms with E-state index in [2.05, 4.69) is 15.6 Å². The van der Waals surface area contributed by atoms with Crippen LogP contribution in [0.25, 0.3) is 11.0 Å². The maximum Gasteiger partial charge on any atom is 0.126 e. The summed E-state index contributed by atoms with van der Waals surface area (Å²) < 4.78 is 15.7. The van der Waals surface area contributed by atoms with Gasteiger partial charge in [-0.3, -0.25) is 0 Å². The van der Waals surface area contributed by atoms with Crippen molar-refractivity contribution in [2.45, 2.75) is 44.7 Å². The first-order valence-electron chi connectivity index (χ1n) is 7.42. The van der Waals surface area contributed by atoms with Gasteiger partial charge >= 0.3 is 0 Å². The summed E-state index contributed by atoms with van der Waals surface area (Å²) in [6, 6.07) is 7.06. The van der Waals surface area contributed by atoms with Crippen LogP contribution in [0.15, 0.2) is 18.2 Å². The molecule has 110 valence electrons. The number of nitrogens with zero attached hydrogens (tertiary/aromatic N) is 3. The van der Waals surface area contributed by atoms with Gasteiger partial charge in [0.1, 0.15) is 11.6 Å². The van der Waals surface area contributed by atoms with E-state index in [1.165, 1.54) is 12.1 Å². The van der Waals surface area contributed by atoms with Gasteiger partial charge in [0.15, 0.2) is 0 Å². The molecule has 1 aromatic heterocycles. The zero-order chi connectivity index (χ0) is 15.0. The molecule has 5 heteroatoms. The number of aromatic nitrogens is 2. The van der Waals surface area contributed by atoms with Crippen LogP contribution in [0.4, 0.5) is 4.39 Å². The van der Waals surface area contributed by atoms with E-state index in [1.54, 1.807) is 6.07 Å². The molecule has 1 heterocycles. The van der Waals surface area contributed by atoms with Crippen molar-refractivity contribution in [2.24, 2.45) is 11.7 Å². The van der Waals surface area contributed by atoms with Gasteiger partial charge in [-0.2, -0.15) is 5.26 Å². The number of benzene rings is 1. The first kappa shape index (κ1) is 14.0. The van der Waals surface area contributed by atoms with E-state index >= 15 is 0 Å². The molecular weight excluding hydrogens is 267 g/mol. The molecule has 0 amide bonds. The van der Waals surface area contributed by atoms with Crippen molar-refractivity contribution in [1.29, 1.82) is 5.26 Å². The second-order valence-electron chi connectivity index (χ2n) is 5.90. The molecular formula is C16H19FN4. The van der Waals surface area contributed by atoms with E-state index in [9.17, 15) is 4.39 Å². The molecule has 1 fully saturated rings. The number of imidazole rings is 1. The van der Waals surface area contributed by atoms with Crippen LogP contribution >= 0.6 is 0 Å². The average molecular weight is 286 g/mol. The summed E-state index contributed by atoms with van der Waals surface area (Å²) in [6.45, 7) is 1.90. The average Bonchev–Trinajstić information content (AvgIpc) is 2.86. The minimum Gasteiger partial charge on any atom is -0.323 e. The van der Waals surface area contributed by atoms with Crippen LogP contribution in [-0.4, -0.2) is 9.55 Å². The van der Waals surface area contributed by atoms with E-state index < -0.39 is 0 Å². The van der Waals surface area contributed by atoms with Crippen LogP contribution in [0.2, 0.25) is 0 Å². The van der Waals surface area contributed by atoms with Crippen LogP contribution in [0.1, 0.15) is 50.5 Å². The lowest BCUT2D eigenvalue weighted by molar-refractivity contribution is 0.310. The number of hydrogen-bond donors (Lipinski definition) is 1. The van der Waals surface area contributed by atoms with Gasteiger partial charge in [0.2, 0.25) is 0 Å². The first-order chi connectivity index (χ1) is 10.1. The Hall–Kier alpha value is -1.93. The fourth-order valence-corrected chi connectivity index (χ4v) is 3.25. The van der Waals surface area contributed by atoms with Crippen molar-refractivity contribution >= 4 is 11.0 Å². The molecule has 1 aliphatic rings. The minimum atomic E-state index is -0.259. The summed E-state index contributed by atoms with van der Waals surface area (Å²) in [6.07, 6.45) is 3.60. The molecule has 0 bridgehead atoms. The summed E-state index contributed by atoms with van der Waals surface area (Å²) in [5.74, 6) is 0.688. The Bertz CT molecular complexity index is 690. The number of nitrogens with two attached hydrogens (primary N) is 1. The predicted octanol–water partition coefficient (Wildman–Crippen LogP) is 3.45. The van der Waals surface area contributed by atoms with Crippen molar-refractivity contribution in [3.05, 3.63) is 29.8 Å². The van der Waals surface area contributed by atoms with Crippen LogP contribution < -0.4 is 5.73 Å². The summed E-state index contributed by atoms with van der Waals surface area (Å²) in [4.78, 5) is 4.57. The zero-order valence-electron chi connectivity index (χ0n) is 12.1. The standard InChI is InChI=1S/C16H19FN4/c1-10(19)16-20-14-7-4-12(17)8-15(14)21(16)13-5-2-11(9-18)3-6-13/h4,7-8,10-11,13H,2-3,5-6,19H2,1H3/t10-,11-,13-/m0/s1. The van der Waals surface area contributed by atoms with Crippen LogP contribution in [0, 0.1) is 23.1 Å². The van der Waals surface area contributed by atoms with Crippen LogP contribution in [-0.2, 0) is 0 Å². The molecule has 1 atom stereocenters. The number of nitriles is 1. The summed E-state index contributed by atoms with van der Waals surface area (Å²) in [5, 5.41) is 9.02. The Morgan fingerprint density at radius 1 is 1.38 bits per heavy atom. The lowest BCUT2D eigenvalue weighted by Crippen LogP contribution is -2.22. The highest BCUT2D eigenvalue weighted by molar-refractivity contribution is 5.76. The van der Waals surface area contributed by atoms with E-state index in [0.717, 1.165) is 42.5 Å². The number of hydrogen-bond acceptors (Lipinski definition) is 3. The smallest absolute Gasteiger partial charge is 0.126 e. The van der Waals surface area contributed by atoms with Crippen LogP contribution in [0.5, 0.6) is 0 Å². The summed E-state index contributed by atoms with van der Waals surface area (Å²) >= 11 is 0. The van der Waals surface area contributed by atoms with Gasteiger partial charge in [-0.05, 0) is 50.8 Å². The highest BCUT2D eigenvalue weighted by atomic mass is 19.1. The van der Waals surface area contributed by atoms with E-state index in [0.29, 0.717) is 0 Å². The lowest BCUT2D eigenvalue weighted by Gasteiger charge is -2.28. The highest BCUT2D eigenvalue weighted by Gasteiger charge is 2.26. The predicted molar refractivity (Wildman–Crippen MR) is 78.9 cm³/mol. The lowest BCUT2D eigenvalue weighted by atomic mass is 9.86. The highest BCUT2D eigenvalue weighted by Crippen LogP contribution is 2.36. The molecule has 0 saturated heterocycles. The quantitative estimate of drug-likeness (QED) is 0.919. The minimum absolute atomic E-state index is 0.145. The molecule has 2 N–H and O–H groups in total. The number of rotatable bonds is 2. The fourth-order valence-electron chi connectivity index (χ4n) is 3.25. The number of fused-ring (bicyclic) bond motifs is 1. The maximum absolute atomic E-state index is 13.6. The number of halogens is 1. The normalized spacial score (nSPS) is 23.9. The second kappa shape index (κ2) is 5.45. The van der Waals surface area contributed by atoms with Gasteiger partial charge in [-0.1, -0.05) is 0 Å². The SMILES string of the molecule is C[C@H](N)c1nc2ccc(F)cc2n1[C@H]1CC[C@H](C#N)CC1. The Labute approximate surface area is 123 Å². The third kappa shape index (κ3) is 2.52. The van der Waals surface area contributed by atoms with Gasteiger partial charge in [-0.15, -0.1) is 0 Å². The molecule has 1 saturated carbocycles. The molecule has 1 aromatic carbocycles. The van der Waals surface area contributed by atoms with Crippen molar-refractivity contribution in [1.82, 2.24) is 9.55 Å². The third-order valence-corrected chi connectivity index (χ3v) is 4.33. The van der Waals surface area contributed by atoms with Gasteiger partial charge in [0.05, 0.1) is 23.1 Å². The topological polar surface area (TPSA) is 67.6 Å². The second-order valence-corrected chi connectivity index (χ2v) is 5.90. The summed E-state index contributed by atoms with van der Waals surface area (Å²) in [5.41, 5.74) is 7.64. The van der Waals surface area contributed by atoms with Crippen molar-refractivity contribution < 1.29 is 4.39 Å². The van der Waals surface area contributed by atoms with Crippen molar-refractivity contribution in [2.75, 3.05) is 0 Å². The largest absolute Gasteiger partial charge is 0.323 e. The zero-order valence-corrected chi connectivity index (χ0v) is 12.1. The van der Waals surface area contributed by atoms with E-state index in [-0.39, 0.29) is 23.8 Å². The Morgan fingerprint density at radius 3 is 2.71 bits per heavy atom. The molecule has 0 unspecified atom stereocenters. The molecule has 0 radical (unpaired) electrons. The van der Waals surface area contributed by atoms with E-state index in [4.69, 9.17) is 11.0 Å².